The van der Waals surface area contributed by atoms with Gasteiger partial charge in [-0.15, -0.1) is 0 Å². The van der Waals surface area contributed by atoms with Crippen molar-refractivity contribution in [3.8, 4) is 0 Å². The Balaban J connectivity index is 1.77. The van der Waals surface area contributed by atoms with E-state index in [1.807, 2.05) is 4.68 Å². The zero-order valence-corrected chi connectivity index (χ0v) is 17.4. The van der Waals surface area contributed by atoms with Crippen LogP contribution in [-0.4, -0.2) is 79.5 Å². The lowest BCUT2D eigenvalue weighted by molar-refractivity contribution is 0.177. The lowest BCUT2D eigenvalue weighted by Gasteiger charge is -2.25. The molecule has 1 aromatic heterocycles. The maximum Gasteiger partial charge on any atom is 0.213 e. The van der Waals surface area contributed by atoms with Crippen molar-refractivity contribution in [2.24, 2.45) is 4.99 Å². The Bertz CT molecular complexity index is 732. The molecule has 2 rings (SSSR count). The van der Waals surface area contributed by atoms with Crippen LogP contribution in [0.3, 0.4) is 0 Å². The normalized spacial score (nSPS) is 17.8. The molecular formula is C16H31N7O3S. The molecule has 0 radical (unpaired) electrons. The molecule has 0 aromatic carbocycles. The molecule has 1 unspecified atom stereocenters. The Labute approximate surface area is 161 Å². The minimum atomic E-state index is -3.12. The van der Waals surface area contributed by atoms with Crippen molar-refractivity contribution in [1.82, 2.24) is 29.7 Å². The van der Waals surface area contributed by atoms with Crippen LogP contribution in [0.15, 0.2) is 4.99 Å². The molecule has 1 aromatic rings. The summed E-state index contributed by atoms with van der Waals surface area (Å²) < 4.78 is 31.9. The van der Waals surface area contributed by atoms with E-state index in [2.05, 4.69) is 25.7 Å². The van der Waals surface area contributed by atoms with Crippen LogP contribution in [0.25, 0.3) is 0 Å². The molecule has 0 aliphatic carbocycles. The smallest absolute Gasteiger partial charge is 0.213 e. The van der Waals surface area contributed by atoms with Gasteiger partial charge in [0.1, 0.15) is 12.4 Å². The van der Waals surface area contributed by atoms with Gasteiger partial charge >= 0.3 is 0 Å². The highest BCUT2D eigenvalue weighted by molar-refractivity contribution is 7.89. The third-order valence-electron chi connectivity index (χ3n) is 4.52. The van der Waals surface area contributed by atoms with Gasteiger partial charge in [-0.2, -0.15) is 5.10 Å². The average Bonchev–Trinajstić information content (AvgIpc) is 3.05. The SMILES string of the molecule is CCS(=O)(=O)N(C)CCCNC(=NC)NC1CCc2nc(COC)nn2C1. The Morgan fingerprint density at radius 2 is 2.26 bits per heavy atom. The van der Waals surface area contributed by atoms with Crippen LogP contribution in [0.2, 0.25) is 0 Å². The number of hydrogen-bond donors (Lipinski definition) is 2. The molecule has 0 fully saturated rings. The first-order chi connectivity index (χ1) is 12.9. The van der Waals surface area contributed by atoms with Crippen molar-refractivity contribution in [1.29, 1.82) is 0 Å². The van der Waals surface area contributed by atoms with Gasteiger partial charge in [-0.25, -0.2) is 22.4 Å². The van der Waals surface area contributed by atoms with Crippen molar-refractivity contribution < 1.29 is 13.2 Å². The summed E-state index contributed by atoms with van der Waals surface area (Å²) in [6, 6.07) is 0.212. The molecule has 2 N–H and O–H groups in total. The van der Waals surface area contributed by atoms with Crippen LogP contribution in [0.4, 0.5) is 0 Å². The molecule has 0 saturated heterocycles. The molecule has 1 aliphatic heterocycles. The second-order valence-electron chi connectivity index (χ2n) is 6.51. The topological polar surface area (TPSA) is 114 Å². The molecule has 154 valence electrons. The fraction of sp³-hybridized carbons (Fsp3) is 0.812. The van der Waals surface area contributed by atoms with Crippen LogP contribution in [0, 0.1) is 0 Å². The van der Waals surface area contributed by atoms with Crippen molar-refractivity contribution >= 4 is 16.0 Å². The molecule has 2 heterocycles. The fourth-order valence-corrected chi connectivity index (χ4v) is 3.77. The summed E-state index contributed by atoms with van der Waals surface area (Å²) in [4.78, 5) is 8.73. The summed E-state index contributed by atoms with van der Waals surface area (Å²) >= 11 is 0. The fourth-order valence-electron chi connectivity index (χ4n) is 2.92. The van der Waals surface area contributed by atoms with Gasteiger partial charge in [0.05, 0.1) is 12.3 Å². The summed E-state index contributed by atoms with van der Waals surface area (Å²) in [5.74, 6) is 2.53. The third kappa shape index (κ3) is 6.15. The van der Waals surface area contributed by atoms with Gasteiger partial charge in [-0.05, 0) is 19.8 Å². The lowest BCUT2D eigenvalue weighted by Crippen LogP contribution is -2.47. The molecule has 27 heavy (non-hydrogen) atoms. The number of sulfonamides is 1. The van der Waals surface area contributed by atoms with Crippen LogP contribution < -0.4 is 10.6 Å². The first-order valence-electron chi connectivity index (χ1n) is 9.22. The van der Waals surface area contributed by atoms with E-state index in [-0.39, 0.29) is 11.8 Å². The van der Waals surface area contributed by atoms with Crippen LogP contribution >= 0.6 is 0 Å². The number of guanidine groups is 1. The number of aliphatic imine (C=N–C) groups is 1. The van der Waals surface area contributed by atoms with Gasteiger partial charge in [-0.1, -0.05) is 0 Å². The lowest BCUT2D eigenvalue weighted by atomic mass is 10.1. The van der Waals surface area contributed by atoms with Crippen molar-refractivity contribution in [2.75, 3.05) is 40.0 Å². The van der Waals surface area contributed by atoms with E-state index < -0.39 is 10.0 Å². The first-order valence-corrected chi connectivity index (χ1v) is 10.8. The van der Waals surface area contributed by atoms with E-state index in [0.717, 1.165) is 25.2 Å². The highest BCUT2D eigenvalue weighted by Crippen LogP contribution is 2.13. The summed E-state index contributed by atoms with van der Waals surface area (Å²) in [6.07, 6.45) is 2.50. The number of aromatic nitrogens is 3. The van der Waals surface area contributed by atoms with E-state index >= 15 is 0 Å². The maximum absolute atomic E-state index is 11.7. The minimum Gasteiger partial charge on any atom is -0.377 e. The maximum atomic E-state index is 11.7. The van der Waals surface area contributed by atoms with Crippen molar-refractivity contribution in [3.05, 3.63) is 11.6 Å². The van der Waals surface area contributed by atoms with Gasteiger partial charge < -0.3 is 15.4 Å². The predicted molar refractivity (Wildman–Crippen MR) is 104 cm³/mol. The Hall–Kier alpha value is -1.72. The molecule has 0 bridgehead atoms. The van der Waals surface area contributed by atoms with Crippen LogP contribution in [0.1, 0.15) is 31.4 Å². The number of nitrogens with one attached hydrogen (secondary N) is 2. The second kappa shape index (κ2) is 10.00. The van der Waals surface area contributed by atoms with E-state index in [4.69, 9.17) is 4.74 Å². The average molecular weight is 402 g/mol. The zero-order valence-electron chi connectivity index (χ0n) is 16.6. The van der Waals surface area contributed by atoms with Gasteiger partial charge in [0.25, 0.3) is 0 Å². The number of aryl methyl sites for hydroxylation is 1. The quantitative estimate of drug-likeness (QED) is 0.328. The molecule has 1 atom stereocenters. The van der Waals surface area contributed by atoms with Gasteiger partial charge in [0, 0.05) is 46.8 Å². The van der Waals surface area contributed by atoms with Gasteiger partial charge in [-0.3, -0.25) is 4.99 Å². The first kappa shape index (κ1) is 21.6. The summed E-state index contributed by atoms with van der Waals surface area (Å²) in [6.45, 7) is 3.92. The number of nitrogens with zero attached hydrogens (tertiary/aromatic N) is 5. The summed E-state index contributed by atoms with van der Waals surface area (Å²) in [5.41, 5.74) is 0. The second-order valence-corrected chi connectivity index (χ2v) is 8.88. The predicted octanol–water partition coefficient (Wildman–Crippen LogP) is -0.424. The van der Waals surface area contributed by atoms with Crippen LogP contribution in [-0.2, 0) is 34.3 Å². The zero-order chi connectivity index (χ0) is 19.9. The standard InChI is InChI=1S/C16H31N7O3S/c1-5-27(24,25)22(3)10-6-9-18-16(17-2)19-13-7-8-15-20-14(12-26-4)21-23(15)11-13/h13H,5-12H2,1-4H3,(H2,17,18,19). The Morgan fingerprint density at radius 1 is 1.48 bits per heavy atom. The van der Waals surface area contributed by atoms with E-state index in [1.54, 1.807) is 28.1 Å². The largest absolute Gasteiger partial charge is 0.377 e. The molecular weight excluding hydrogens is 370 g/mol. The van der Waals surface area contributed by atoms with Crippen LogP contribution in [0.5, 0.6) is 0 Å². The van der Waals surface area contributed by atoms with E-state index in [1.165, 1.54) is 4.31 Å². The Morgan fingerprint density at radius 3 is 2.93 bits per heavy atom. The van der Waals surface area contributed by atoms with Gasteiger partial charge in [0.15, 0.2) is 11.8 Å². The van der Waals surface area contributed by atoms with E-state index in [0.29, 0.717) is 37.9 Å². The molecule has 0 amide bonds. The Kier molecular flexibility index (Phi) is 7.99. The minimum absolute atomic E-state index is 0.123. The summed E-state index contributed by atoms with van der Waals surface area (Å²) in [7, 11) is 1.85. The molecule has 0 saturated carbocycles. The van der Waals surface area contributed by atoms with E-state index in [9.17, 15) is 8.42 Å². The molecule has 0 spiro atoms. The van der Waals surface area contributed by atoms with Crippen molar-refractivity contribution in [3.63, 3.8) is 0 Å². The number of methoxy groups -OCH3 is 1. The number of rotatable bonds is 9. The molecule has 10 nitrogen and oxygen atoms in total. The highest BCUT2D eigenvalue weighted by Gasteiger charge is 2.22. The third-order valence-corrected chi connectivity index (χ3v) is 6.38. The molecule has 11 heteroatoms. The number of fused-ring (bicyclic) bond motifs is 1. The number of ether oxygens (including phenoxy) is 1. The summed E-state index contributed by atoms with van der Waals surface area (Å²) in [5, 5.41) is 11.1. The monoisotopic (exact) mass is 401 g/mol. The highest BCUT2D eigenvalue weighted by atomic mass is 32.2. The molecule has 1 aliphatic rings. The number of hydrogen-bond acceptors (Lipinski definition) is 6. The van der Waals surface area contributed by atoms with Crippen molar-refractivity contribution in [2.45, 2.75) is 45.4 Å². The van der Waals surface area contributed by atoms with Gasteiger partial charge in [0.2, 0.25) is 10.0 Å².